The zero-order valence-electron chi connectivity index (χ0n) is 18.6. The predicted molar refractivity (Wildman–Crippen MR) is 124 cm³/mol. The molecule has 12 N–H and O–H groups in total. The maximum Gasteiger partial charge on any atom is 0.326 e. The Hall–Kier alpha value is -3.07. The molecule has 0 aliphatic heterocycles. The summed E-state index contributed by atoms with van der Waals surface area (Å²) < 4.78 is 0. The Kier molecular flexibility index (Phi) is 13.5. The summed E-state index contributed by atoms with van der Waals surface area (Å²) in [7, 11) is 0. The van der Waals surface area contributed by atoms with E-state index in [1.54, 1.807) is 13.8 Å². The summed E-state index contributed by atoms with van der Waals surface area (Å²) >= 11 is 3.94. The van der Waals surface area contributed by atoms with Crippen molar-refractivity contribution in [2.75, 3.05) is 12.3 Å². The van der Waals surface area contributed by atoms with E-state index >= 15 is 0 Å². The van der Waals surface area contributed by atoms with Crippen molar-refractivity contribution in [2.45, 2.75) is 57.3 Å². The number of guanidine groups is 1. The molecule has 0 aliphatic carbocycles. The Balaban J connectivity index is 5.54. The second-order valence-corrected chi connectivity index (χ2v) is 7.96. The molecule has 0 aromatic rings. The van der Waals surface area contributed by atoms with Crippen molar-refractivity contribution < 1.29 is 29.1 Å². The molecular weight excluding hydrogens is 456 g/mol. The van der Waals surface area contributed by atoms with Gasteiger partial charge in [0.05, 0.1) is 12.5 Å². The fourth-order valence-electron chi connectivity index (χ4n) is 2.58. The maximum atomic E-state index is 12.8. The van der Waals surface area contributed by atoms with Gasteiger partial charge in [-0.2, -0.15) is 12.6 Å². The fraction of sp³-hybridized carbons (Fsp3) is 0.667. The number of hydrogen-bond donors (Lipinski definition) is 9. The number of carboxylic acids is 1. The summed E-state index contributed by atoms with van der Waals surface area (Å²) in [5.74, 6) is -5.17. The molecule has 14 nitrogen and oxygen atoms in total. The lowest BCUT2D eigenvalue weighted by Crippen LogP contribution is -2.58. The van der Waals surface area contributed by atoms with E-state index < -0.39 is 66.1 Å². The molecule has 188 valence electrons. The first-order valence-electron chi connectivity index (χ1n) is 10.1. The Morgan fingerprint density at radius 1 is 0.939 bits per heavy atom. The molecule has 33 heavy (non-hydrogen) atoms. The van der Waals surface area contributed by atoms with Gasteiger partial charge in [-0.3, -0.25) is 24.2 Å². The second-order valence-electron chi connectivity index (χ2n) is 7.60. The Bertz CT molecular complexity index is 743. The zero-order chi connectivity index (χ0) is 25.7. The molecule has 0 heterocycles. The van der Waals surface area contributed by atoms with Gasteiger partial charge in [0.25, 0.3) is 0 Å². The van der Waals surface area contributed by atoms with E-state index in [9.17, 15) is 29.1 Å². The van der Waals surface area contributed by atoms with Gasteiger partial charge in [0, 0.05) is 12.3 Å². The first-order chi connectivity index (χ1) is 15.3. The van der Waals surface area contributed by atoms with Gasteiger partial charge in [0.15, 0.2) is 5.96 Å². The SMILES string of the molecule is CC(C)C(NC(=O)C(CC(N)=O)NC(=O)C(CCCN=C(N)N)NC(=O)C(N)CS)C(=O)O. The average molecular weight is 491 g/mol. The molecule has 4 amide bonds. The quantitative estimate of drug-likeness (QED) is 0.0474. The first kappa shape index (κ1) is 29.9. The molecule has 0 aliphatic rings. The lowest BCUT2D eigenvalue weighted by atomic mass is 10.0. The van der Waals surface area contributed by atoms with Crippen LogP contribution in [0.2, 0.25) is 0 Å². The topological polar surface area (TPSA) is 258 Å². The number of carbonyl (C=O) groups is 5. The van der Waals surface area contributed by atoms with Gasteiger partial charge in [-0.05, 0) is 18.8 Å². The normalized spacial score (nSPS) is 14.3. The third-order valence-corrected chi connectivity index (χ3v) is 4.77. The number of rotatable bonds is 15. The summed E-state index contributed by atoms with van der Waals surface area (Å²) in [4.78, 5) is 64.2. The molecule has 0 fully saturated rings. The smallest absolute Gasteiger partial charge is 0.326 e. The van der Waals surface area contributed by atoms with Gasteiger partial charge in [0.1, 0.15) is 18.1 Å². The maximum absolute atomic E-state index is 12.8. The van der Waals surface area contributed by atoms with E-state index in [4.69, 9.17) is 22.9 Å². The molecule has 0 bridgehead atoms. The van der Waals surface area contributed by atoms with Crippen molar-refractivity contribution in [3.05, 3.63) is 0 Å². The third-order valence-electron chi connectivity index (χ3n) is 4.38. The van der Waals surface area contributed by atoms with Crippen molar-refractivity contribution in [1.29, 1.82) is 0 Å². The predicted octanol–water partition coefficient (Wildman–Crippen LogP) is -3.63. The van der Waals surface area contributed by atoms with E-state index in [0.717, 1.165) is 0 Å². The van der Waals surface area contributed by atoms with Crippen LogP contribution in [-0.4, -0.2) is 77.1 Å². The van der Waals surface area contributed by atoms with E-state index in [1.165, 1.54) is 0 Å². The summed E-state index contributed by atoms with van der Waals surface area (Å²) in [6.45, 7) is 3.32. The number of nitrogens with zero attached hydrogens (tertiary/aromatic N) is 1. The largest absolute Gasteiger partial charge is 0.480 e. The molecule has 0 saturated carbocycles. The van der Waals surface area contributed by atoms with Crippen LogP contribution in [0.25, 0.3) is 0 Å². The molecule has 0 saturated heterocycles. The molecule has 4 atom stereocenters. The lowest BCUT2D eigenvalue weighted by Gasteiger charge is -2.25. The molecule has 0 aromatic heterocycles. The Labute approximate surface area is 197 Å². The molecule has 15 heteroatoms. The zero-order valence-corrected chi connectivity index (χ0v) is 19.5. The van der Waals surface area contributed by atoms with E-state index in [2.05, 4.69) is 33.6 Å². The van der Waals surface area contributed by atoms with Crippen LogP contribution in [0.3, 0.4) is 0 Å². The van der Waals surface area contributed by atoms with Crippen LogP contribution in [-0.2, 0) is 24.0 Å². The molecule has 0 aromatic carbocycles. The standard InChI is InChI=1S/C18H34N8O6S/c1-8(2)13(17(31)32)26-16(30)11(6-12(20)27)25-15(29)10(4-3-5-23-18(21)22)24-14(28)9(19)7-33/h8-11,13,33H,3-7,19H2,1-2H3,(H2,20,27)(H,24,28)(H,25,29)(H,26,30)(H,31,32)(H4,21,22,23). The number of aliphatic carboxylic acids is 1. The number of thiol groups is 1. The van der Waals surface area contributed by atoms with Gasteiger partial charge in [-0.15, -0.1) is 0 Å². The first-order valence-corrected chi connectivity index (χ1v) is 10.8. The van der Waals surface area contributed by atoms with Crippen molar-refractivity contribution in [3.8, 4) is 0 Å². The number of amides is 4. The Morgan fingerprint density at radius 3 is 1.94 bits per heavy atom. The minimum absolute atomic E-state index is 0.0205. The summed E-state index contributed by atoms with van der Waals surface area (Å²) in [6, 6.07) is -4.87. The van der Waals surface area contributed by atoms with Crippen molar-refractivity contribution in [1.82, 2.24) is 16.0 Å². The number of aliphatic imine (C=N–C) groups is 1. The highest BCUT2D eigenvalue weighted by atomic mass is 32.1. The van der Waals surface area contributed by atoms with Crippen molar-refractivity contribution in [3.63, 3.8) is 0 Å². The minimum Gasteiger partial charge on any atom is -0.480 e. The number of hydrogen-bond acceptors (Lipinski definition) is 8. The van der Waals surface area contributed by atoms with E-state index in [0.29, 0.717) is 0 Å². The van der Waals surface area contributed by atoms with Crippen molar-refractivity contribution in [2.24, 2.45) is 33.8 Å². The summed E-state index contributed by atoms with van der Waals surface area (Å²) in [5.41, 5.74) is 21.3. The third kappa shape index (κ3) is 11.9. The number of primary amides is 1. The molecule has 0 radical (unpaired) electrons. The molecule has 0 rings (SSSR count). The van der Waals surface area contributed by atoms with E-state index in [1.807, 2.05) is 0 Å². The highest BCUT2D eigenvalue weighted by Crippen LogP contribution is 2.05. The number of nitrogens with two attached hydrogens (primary N) is 4. The fourth-order valence-corrected chi connectivity index (χ4v) is 2.75. The average Bonchev–Trinajstić information content (AvgIpc) is 2.71. The van der Waals surface area contributed by atoms with Crippen molar-refractivity contribution >= 4 is 48.2 Å². The van der Waals surface area contributed by atoms with Crippen LogP contribution in [0, 0.1) is 5.92 Å². The van der Waals surface area contributed by atoms with Crippen LogP contribution in [0.5, 0.6) is 0 Å². The second kappa shape index (κ2) is 14.9. The van der Waals surface area contributed by atoms with Gasteiger partial charge in [-0.25, -0.2) is 4.79 Å². The molecular formula is C18H34N8O6S. The van der Waals surface area contributed by atoms with Crippen LogP contribution < -0.4 is 38.9 Å². The Morgan fingerprint density at radius 2 is 1.48 bits per heavy atom. The number of nitrogens with one attached hydrogen (secondary N) is 3. The highest BCUT2D eigenvalue weighted by molar-refractivity contribution is 7.80. The molecule has 0 spiro atoms. The summed E-state index contributed by atoms with van der Waals surface area (Å²) in [5, 5.41) is 16.3. The van der Waals surface area contributed by atoms with Gasteiger partial charge >= 0.3 is 5.97 Å². The summed E-state index contributed by atoms with van der Waals surface area (Å²) in [6.07, 6.45) is -0.234. The lowest BCUT2D eigenvalue weighted by molar-refractivity contribution is -0.143. The van der Waals surface area contributed by atoms with E-state index in [-0.39, 0.29) is 31.1 Å². The van der Waals surface area contributed by atoms with Gasteiger partial charge in [0.2, 0.25) is 23.6 Å². The minimum atomic E-state index is -1.47. The highest BCUT2D eigenvalue weighted by Gasteiger charge is 2.31. The van der Waals surface area contributed by atoms with Crippen LogP contribution in [0.4, 0.5) is 0 Å². The van der Waals surface area contributed by atoms with Gasteiger partial charge in [-0.1, -0.05) is 13.8 Å². The number of carboxylic acid groups (broad SMARTS) is 1. The monoisotopic (exact) mass is 490 g/mol. The van der Waals surface area contributed by atoms with Crippen LogP contribution in [0.1, 0.15) is 33.1 Å². The van der Waals surface area contributed by atoms with Crippen LogP contribution >= 0.6 is 12.6 Å². The van der Waals surface area contributed by atoms with Crippen LogP contribution in [0.15, 0.2) is 4.99 Å². The van der Waals surface area contributed by atoms with Gasteiger partial charge < -0.3 is 44.0 Å². The molecule has 4 unspecified atom stereocenters. The number of carbonyl (C=O) groups excluding carboxylic acids is 4.